The van der Waals surface area contributed by atoms with Gasteiger partial charge in [-0.15, -0.1) is 0 Å². The third-order valence-corrected chi connectivity index (χ3v) is 8.11. The molecular formula is C27H30N2O5S. The summed E-state index contributed by atoms with van der Waals surface area (Å²) in [6.45, 7) is 5.93. The number of hydrogen-bond donors (Lipinski definition) is 0. The van der Waals surface area contributed by atoms with E-state index in [2.05, 4.69) is 6.07 Å². The van der Waals surface area contributed by atoms with Gasteiger partial charge >= 0.3 is 5.97 Å². The van der Waals surface area contributed by atoms with Crippen LogP contribution in [0.5, 0.6) is 0 Å². The number of esters is 1. The van der Waals surface area contributed by atoms with E-state index in [1.165, 1.54) is 0 Å². The van der Waals surface area contributed by atoms with Crippen molar-refractivity contribution in [2.75, 3.05) is 24.7 Å². The lowest BCUT2D eigenvalue weighted by Gasteiger charge is -2.27. The molecule has 1 amide bonds. The maximum absolute atomic E-state index is 13.2. The third-order valence-electron chi connectivity index (χ3n) is 6.35. The standard InChI is InChI=1S/C27H30N2O5S/c1-4-12-29(20-11-13-35(32,33)17-20)26(30)16-34-27(31)23-15-25(21-10-9-18(2)14-19(21)3)28-24-8-6-5-7-22(23)24/h5-10,14-15,20H,4,11-13,16-17H2,1-3H3. The molecule has 1 aromatic heterocycles. The SMILES string of the molecule is CCCN(C(=O)COC(=O)c1cc(-c2ccc(C)cc2C)nc2ccccc12)C1CCS(=O)(=O)C1. The molecule has 1 saturated heterocycles. The number of hydrogen-bond acceptors (Lipinski definition) is 6. The van der Waals surface area contributed by atoms with Gasteiger partial charge in [0.1, 0.15) is 0 Å². The average molecular weight is 495 g/mol. The second-order valence-corrected chi connectivity index (χ2v) is 11.3. The molecule has 4 rings (SSSR count). The number of sulfone groups is 1. The van der Waals surface area contributed by atoms with Gasteiger partial charge in [-0.2, -0.15) is 0 Å². The van der Waals surface area contributed by atoms with Crippen molar-refractivity contribution in [1.29, 1.82) is 0 Å². The van der Waals surface area contributed by atoms with Crippen molar-refractivity contribution in [2.24, 2.45) is 0 Å². The van der Waals surface area contributed by atoms with E-state index in [-0.39, 0.29) is 23.5 Å². The number of nitrogens with zero attached hydrogens (tertiary/aromatic N) is 2. The van der Waals surface area contributed by atoms with Crippen molar-refractivity contribution in [3.05, 3.63) is 65.2 Å². The Labute approximate surface area is 206 Å². The van der Waals surface area contributed by atoms with Crippen LogP contribution in [0.4, 0.5) is 0 Å². The number of pyridine rings is 1. The number of carbonyl (C=O) groups excluding carboxylic acids is 2. The minimum Gasteiger partial charge on any atom is -0.452 e. The lowest BCUT2D eigenvalue weighted by molar-refractivity contribution is -0.136. The number of aryl methyl sites for hydroxylation is 2. The summed E-state index contributed by atoms with van der Waals surface area (Å²) in [6.07, 6.45) is 1.10. The average Bonchev–Trinajstić information content (AvgIpc) is 3.19. The molecule has 184 valence electrons. The summed E-state index contributed by atoms with van der Waals surface area (Å²) in [5.74, 6) is -0.954. The van der Waals surface area contributed by atoms with Crippen LogP contribution >= 0.6 is 0 Å². The fourth-order valence-corrected chi connectivity index (χ4v) is 6.37. The first-order valence-electron chi connectivity index (χ1n) is 11.8. The summed E-state index contributed by atoms with van der Waals surface area (Å²) in [5, 5.41) is 0.644. The first-order chi connectivity index (χ1) is 16.7. The van der Waals surface area contributed by atoms with Crippen molar-refractivity contribution >= 4 is 32.6 Å². The highest BCUT2D eigenvalue weighted by Gasteiger charge is 2.34. The van der Waals surface area contributed by atoms with Crippen LogP contribution in [0.15, 0.2) is 48.5 Å². The number of fused-ring (bicyclic) bond motifs is 1. The number of rotatable bonds is 7. The molecule has 0 N–H and O–H groups in total. The zero-order valence-corrected chi connectivity index (χ0v) is 21.1. The molecule has 8 heteroatoms. The molecule has 1 atom stereocenters. The van der Waals surface area contributed by atoms with Crippen molar-refractivity contribution in [2.45, 2.75) is 39.7 Å². The molecule has 1 unspecified atom stereocenters. The molecule has 0 spiro atoms. The normalized spacial score (nSPS) is 16.8. The van der Waals surface area contributed by atoms with E-state index in [4.69, 9.17) is 9.72 Å². The van der Waals surface area contributed by atoms with Crippen molar-refractivity contribution < 1.29 is 22.7 Å². The summed E-state index contributed by atoms with van der Waals surface area (Å²) >= 11 is 0. The van der Waals surface area contributed by atoms with Crippen LogP contribution in [-0.2, 0) is 19.4 Å². The molecule has 1 fully saturated rings. The molecule has 35 heavy (non-hydrogen) atoms. The Bertz CT molecular complexity index is 1380. The van der Waals surface area contributed by atoms with Gasteiger partial charge in [0.05, 0.1) is 28.3 Å². The number of aromatic nitrogens is 1. The fraction of sp³-hybridized carbons (Fsp3) is 0.370. The van der Waals surface area contributed by atoms with Crippen LogP contribution in [-0.4, -0.2) is 60.9 Å². The van der Waals surface area contributed by atoms with Crippen molar-refractivity contribution in [3.63, 3.8) is 0 Å². The molecule has 0 bridgehead atoms. The van der Waals surface area contributed by atoms with Gasteiger partial charge in [0.15, 0.2) is 16.4 Å². The number of carbonyl (C=O) groups is 2. The van der Waals surface area contributed by atoms with Crippen molar-refractivity contribution in [3.8, 4) is 11.3 Å². The lowest BCUT2D eigenvalue weighted by atomic mass is 9.99. The van der Waals surface area contributed by atoms with Gasteiger partial charge in [-0.1, -0.05) is 48.9 Å². The van der Waals surface area contributed by atoms with Gasteiger partial charge in [0.25, 0.3) is 5.91 Å². The van der Waals surface area contributed by atoms with Gasteiger partial charge in [-0.05, 0) is 44.4 Å². The Hall–Kier alpha value is -3.26. The van der Waals surface area contributed by atoms with Gasteiger partial charge in [-0.25, -0.2) is 18.2 Å². The molecule has 1 aliphatic rings. The topological polar surface area (TPSA) is 93.6 Å². The van der Waals surface area contributed by atoms with E-state index >= 15 is 0 Å². The monoisotopic (exact) mass is 494 g/mol. The summed E-state index contributed by atoms with van der Waals surface area (Å²) in [4.78, 5) is 32.4. The predicted molar refractivity (Wildman–Crippen MR) is 136 cm³/mol. The van der Waals surface area contributed by atoms with Gasteiger partial charge in [0, 0.05) is 23.5 Å². The van der Waals surface area contributed by atoms with E-state index in [9.17, 15) is 18.0 Å². The Kier molecular flexibility index (Phi) is 7.21. The highest BCUT2D eigenvalue weighted by molar-refractivity contribution is 7.91. The largest absolute Gasteiger partial charge is 0.452 e. The summed E-state index contributed by atoms with van der Waals surface area (Å²) < 4.78 is 29.3. The molecule has 3 aromatic rings. The van der Waals surface area contributed by atoms with Crippen LogP contribution < -0.4 is 0 Å². The minimum absolute atomic E-state index is 0.0407. The van der Waals surface area contributed by atoms with Gasteiger partial charge < -0.3 is 9.64 Å². The molecule has 2 aromatic carbocycles. The van der Waals surface area contributed by atoms with E-state index in [0.717, 1.165) is 16.7 Å². The number of ether oxygens (including phenoxy) is 1. The van der Waals surface area contributed by atoms with Crippen LogP contribution in [0.1, 0.15) is 41.3 Å². The van der Waals surface area contributed by atoms with E-state index < -0.39 is 22.4 Å². The molecule has 0 radical (unpaired) electrons. The highest BCUT2D eigenvalue weighted by atomic mass is 32.2. The van der Waals surface area contributed by atoms with Crippen LogP contribution in [0.3, 0.4) is 0 Å². The van der Waals surface area contributed by atoms with Crippen LogP contribution in [0.25, 0.3) is 22.2 Å². The van der Waals surface area contributed by atoms with Gasteiger partial charge in [-0.3, -0.25) is 4.79 Å². The van der Waals surface area contributed by atoms with Crippen LogP contribution in [0.2, 0.25) is 0 Å². The Balaban J connectivity index is 1.59. The maximum atomic E-state index is 13.2. The quantitative estimate of drug-likeness (QED) is 0.459. The molecule has 0 saturated carbocycles. The minimum atomic E-state index is -3.14. The van der Waals surface area contributed by atoms with E-state index in [1.54, 1.807) is 17.0 Å². The Morgan fingerprint density at radius 1 is 1.11 bits per heavy atom. The first kappa shape index (κ1) is 24.9. The zero-order valence-electron chi connectivity index (χ0n) is 20.3. The maximum Gasteiger partial charge on any atom is 0.339 e. The second kappa shape index (κ2) is 10.2. The number of para-hydroxylation sites is 1. The predicted octanol–water partition coefficient (Wildman–Crippen LogP) is 4.10. The first-order valence-corrected chi connectivity index (χ1v) is 13.6. The molecule has 1 aliphatic heterocycles. The lowest BCUT2D eigenvalue weighted by Crippen LogP contribution is -2.43. The highest BCUT2D eigenvalue weighted by Crippen LogP contribution is 2.28. The number of amides is 1. The number of benzene rings is 2. The second-order valence-electron chi connectivity index (χ2n) is 9.11. The van der Waals surface area contributed by atoms with E-state index in [0.29, 0.717) is 41.5 Å². The van der Waals surface area contributed by atoms with Gasteiger partial charge in [0.2, 0.25) is 0 Å². The Morgan fingerprint density at radius 3 is 2.57 bits per heavy atom. The van der Waals surface area contributed by atoms with Crippen molar-refractivity contribution in [1.82, 2.24) is 9.88 Å². The molecule has 2 heterocycles. The third kappa shape index (κ3) is 5.53. The zero-order chi connectivity index (χ0) is 25.2. The molecule has 0 aliphatic carbocycles. The summed E-state index contributed by atoms with van der Waals surface area (Å²) in [5.41, 5.74) is 4.75. The molecular weight excluding hydrogens is 464 g/mol. The fourth-order valence-electron chi connectivity index (χ4n) is 4.64. The molecule has 7 nitrogen and oxygen atoms in total. The smallest absolute Gasteiger partial charge is 0.339 e. The van der Waals surface area contributed by atoms with E-state index in [1.807, 2.05) is 51.1 Å². The van der Waals surface area contributed by atoms with Crippen LogP contribution in [0, 0.1) is 13.8 Å². The summed E-state index contributed by atoms with van der Waals surface area (Å²) in [7, 11) is -3.14. The Morgan fingerprint density at radius 2 is 1.89 bits per heavy atom. The summed E-state index contributed by atoms with van der Waals surface area (Å²) in [6, 6.07) is 14.7.